The SMILES string of the molecule is Fc1ccc(C[NH2+]C[C@@H]2CC(c3ccccc3)=NO2)cc1. The Hall–Kier alpha value is -2.20. The number of halogens is 1. The van der Waals surface area contributed by atoms with Gasteiger partial charge in [0, 0.05) is 12.0 Å². The Morgan fingerprint density at radius 1 is 1.10 bits per heavy atom. The van der Waals surface area contributed by atoms with Crippen LogP contribution in [0, 0.1) is 5.82 Å². The van der Waals surface area contributed by atoms with Gasteiger partial charge in [0.05, 0.1) is 5.71 Å². The Balaban J connectivity index is 1.45. The van der Waals surface area contributed by atoms with Crippen LogP contribution in [0.15, 0.2) is 59.8 Å². The molecule has 21 heavy (non-hydrogen) atoms. The summed E-state index contributed by atoms with van der Waals surface area (Å²) >= 11 is 0. The van der Waals surface area contributed by atoms with Crippen LogP contribution < -0.4 is 5.32 Å². The maximum atomic E-state index is 12.8. The summed E-state index contributed by atoms with van der Waals surface area (Å²) in [6.07, 6.45) is 0.949. The van der Waals surface area contributed by atoms with E-state index in [-0.39, 0.29) is 11.9 Å². The van der Waals surface area contributed by atoms with Crippen molar-refractivity contribution in [3.8, 4) is 0 Å². The Morgan fingerprint density at radius 2 is 1.86 bits per heavy atom. The predicted octanol–water partition coefficient (Wildman–Crippen LogP) is 2.08. The molecule has 0 saturated heterocycles. The molecule has 0 amide bonds. The molecule has 4 heteroatoms. The summed E-state index contributed by atoms with van der Waals surface area (Å²) in [7, 11) is 0. The second-order valence-electron chi connectivity index (χ2n) is 5.19. The smallest absolute Gasteiger partial charge is 0.181 e. The van der Waals surface area contributed by atoms with Gasteiger partial charge in [-0.3, -0.25) is 0 Å². The molecular weight excluding hydrogens is 267 g/mol. The first kappa shape index (κ1) is 13.8. The molecule has 3 nitrogen and oxygen atoms in total. The quantitative estimate of drug-likeness (QED) is 0.897. The van der Waals surface area contributed by atoms with Crippen LogP contribution in [0.4, 0.5) is 4.39 Å². The minimum Gasteiger partial charge on any atom is -0.386 e. The van der Waals surface area contributed by atoms with Crippen LogP contribution in [-0.4, -0.2) is 18.4 Å². The summed E-state index contributed by atoms with van der Waals surface area (Å²) < 4.78 is 12.8. The maximum Gasteiger partial charge on any atom is 0.181 e. The maximum absolute atomic E-state index is 12.8. The average molecular weight is 285 g/mol. The number of hydrogen-bond donors (Lipinski definition) is 1. The van der Waals surface area contributed by atoms with Crippen molar-refractivity contribution in [2.45, 2.75) is 19.1 Å². The van der Waals surface area contributed by atoms with Crippen molar-refractivity contribution in [2.24, 2.45) is 5.16 Å². The van der Waals surface area contributed by atoms with Crippen LogP contribution in [0.1, 0.15) is 17.5 Å². The Morgan fingerprint density at radius 3 is 2.62 bits per heavy atom. The molecule has 3 rings (SSSR count). The van der Waals surface area contributed by atoms with E-state index in [0.717, 1.165) is 36.3 Å². The fourth-order valence-corrected chi connectivity index (χ4v) is 2.41. The monoisotopic (exact) mass is 285 g/mol. The highest BCUT2D eigenvalue weighted by Crippen LogP contribution is 2.15. The molecule has 108 valence electrons. The van der Waals surface area contributed by atoms with E-state index in [2.05, 4.69) is 10.5 Å². The van der Waals surface area contributed by atoms with Crippen LogP contribution in [0.2, 0.25) is 0 Å². The lowest BCUT2D eigenvalue weighted by Gasteiger charge is -2.07. The van der Waals surface area contributed by atoms with Crippen LogP contribution in [0.25, 0.3) is 0 Å². The molecule has 1 aliphatic heterocycles. The number of nitrogens with zero attached hydrogens (tertiary/aromatic N) is 1. The third-order valence-electron chi connectivity index (χ3n) is 3.56. The van der Waals surface area contributed by atoms with E-state index in [0.29, 0.717) is 0 Å². The first-order chi connectivity index (χ1) is 10.3. The lowest BCUT2D eigenvalue weighted by Crippen LogP contribution is -2.84. The topological polar surface area (TPSA) is 38.2 Å². The summed E-state index contributed by atoms with van der Waals surface area (Å²) in [5.74, 6) is -0.196. The average Bonchev–Trinajstić information content (AvgIpc) is 2.99. The first-order valence-corrected chi connectivity index (χ1v) is 7.15. The molecule has 0 saturated carbocycles. The van der Waals surface area contributed by atoms with E-state index < -0.39 is 0 Å². The molecule has 1 heterocycles. The largest absolute Gasteiger partial charge is 0.386 e. The van der Waals surface area contributed by atoms with Gasteiger partial charge < -0.3 is 10.2 Å². The summed E-state index contributed by atoms with van der Waals surface area (Å²) in [5, 5.41) is 6.34. The van der Waals surface area contributed by atoms with Crippen LogP contribution in [0.5, 0.6) is 0 Å². The lowest BCUT2D eigenvalue weighted by atomic mass is 10.1. The van der Waals surface area contributed by atoms with Gasteiger partial charge in [-0.05, 0) is 17.7 Å². The normalized spacial score (nSPS) is 17.4. The molecule has 0 aliphatic carbocycles. The van der Waals surface area contributed by atoms with Gasteiger partial charge in [-0.15, -0.1) is 0 Å². The minimum atomic E-state index is -0.196. The zero-order valence-electron chi connectivity index (χ0n) is 11.7. The number of rotatable bonds is 5. The van der Waals surface area contributed by atoms with Gasteiger partial charge in [0.1, 0.15) is 18.9 Å². The van der Waals surface area contributed by atoms with E-state index in [9.17, 15) is 4.39 Å². The van der Waals surface area contributed by atoms with E-state index in [4.69, 9.17) is 4.84 Å². The van der Waals surface area contributed by atoms with Crippen molar-refractivity contribution in [3.05, 3.63) is 71.5 Å². The molecule has 2 aromatic rings. The van der Waals surface area contributed by atoms with Crippen molar-refractivity contribution >= 4 is 5.71 Å². The number of quaternary nitrogens is 1. The van der Waals surface area contributed by atoms with Gasteiger partial charge in [0.15, 0.2) is 6.10 Å². The number of hydrogen-bond acceptors (Lipinski definition) is 2. The Kier molecular flexibility index (Phi) is 4.26. The van der Waals surface area contributed by atoms with E-state index in [1.165, 1.54) is 12.1 Å². The van der Waals surface area contributed by atoms with Crippen molar-refractivity contribution in [1.82, 2.24) is 0 Å². The number of oxime groups is 1. The molecular formula is C17H18FN2O+. The highest BCUT2D eigenvalue weighted by molar-refractivity contribution is 6.01. The van der Waals surface area contributed by atoms with Gasteiger partial charge in [-0.25, -0.2) is 4.39 Å². The third-order valence-corrected chi connectivity index (χ3v) is 3.56. The molecule has 2 aromatic carbocycles. The predicted molar refractivity (Wildman–Crippen MR) is 79.4 cm³/mol. The van der Waals surface area contributed by atoms with Crippen molar-refractivity contribution in [3.63, 3.8) is 0 Å². The zero-order valence-corrected chi connectivity index (χ0v) is 11.7. The second kappa shape index (κ2) is 6.50. The van der Waals surface area contributed by atoms with Crippen LogP contribution >= 0.6 is 0 Å². The van der Waals surface area contributed by atoms with E-state index in [1.54, 1.807) is 0 Å². The fraction of sp³-hybridized carbons (Fsp3) is 0.235. The summed E-state index contributed by atoms with van der Waals surface area (Å²) in [6.45, 7) is 1.66. The Bertz CT molecular complexity index is 610. The summed E-state index contributed by atoms with van der Waals surface area (Å²) in [6, 6.07) is 16.7. The van der Waals surface area contributed by atoms with Gasteiger partial charge >= 0.3 is 0 Å². The van der Waals surface area contributed by atoms with Gasteiger partial charge in [-0.1, -0.05) is 47.6 Å². The van der Waals surface area contributed by atoms with E-state index >= 15 is 0 Å². The number of benzene rings is 2. The molecule has 1 atom stereocenters. The zero-order chi connectivity index (χ0) is 14.5. The van der Waals surface area contributed by atoms with Gasteiger partial charge in [0.2, 0.25) is 0 Å². The summed E-state index contributed by atoms with van der Waals surface area (Å²) in [4.78, 5) is 5.47. The molecule has 1 aliphatic rings. The molecule has 2 N–H and O–H groups in total. The molecule has 0 bridgehead atoms. The fourth-order valence-electron chi connectivity index (χ4n) is 2.41. The molecule has 0 spiro atoms. The third kappa shape index (κ3) is 3.67. The molecule has 0 aromatic heterocycles. The van der Waals surface area contributed by atoms with Crippen molar-refractivity contribution in [1.29, 1.82) is 0 Å². The highest BCUT2D eigenvalue weighted by atomic mass is 19.1. The van der Waals surface area contributed by atoms with Crippen molar-refractivity contribution < 1.29 is 14.5 Å². The molecule has 0 radical (unpaired) electrons. The second-order valence-corrected chi connectivity index (χ2v) is 5.19. The van der Waals surface area contributed by atoms with Crippen molar-refractivity contribution in [2.75, 3.05) is 6.54 Å². The summed E-state index contributed by atoms with van der Waals surface area (Å²) in [5.41, 5.74) is 3.24. The minimum absolute atomic E-state index is 0.112. The molecule has 0 unspecified atom stereocenters. The Labute approximate surface area is 123 Å². The molecule has 0 fully saturated rings. The van der Waals surface area contributed by atoms with Crippen LogP contribution in [-0.2, 0) is 11.4 Å². The number of nitrogens with two attached hydrogens (primary N) is 1. The van der Waals surface area contributed by atoms with Gasteiger partial charge in [-0.2, -0.15) is 0 Å². The van der Waals surface area contributed by atoms with Gasteiger partial charge in [0.25, 0.3) is 0 Å². The standard InChI is InChI=1S/C17H17FN2O/c18-15-8-6-13(7-9-15)11-19-12-16-10-17(20-21-16)14-4-2-1-3-5-14/h1-9,16,19H,10-12H2/p+1/t16-/m0/s1. The highest BCUT2D eigenvalue weighted by Gasteiger charge is 2.23. The van der Waals surface area contributed by atoms with E-state index in [1.807, 2.05) is 42.5 Å². The first-order valence-electron chi connectivity index (χ1n) is 7.15. The van der Waals surface area contributed by atoms with Crippen LogP contribution in [0.3, 0.4) is 0 Å². The lowest BCUT2D eigenvalue weighted by molar-refractivity contribution is -0.676.